The summed E-state index contributed by atoms with van der Waals surface area (Å²) in [5.74, 6) is -0.205. The summed E-state index contributed by atoms with van der Waals surface area (Å²) in [6, 6.07) is 13.5. The third kappa shape index (κ3) is 6.73. The van der Waals surface area contributed by atoms with Crippen LogP contribution in [-0.4, -0.2) is 36.1 Å². The Hall–Kier alpha value is -2.89. The number of hydrogen-bond acceptors (Lipinski definition) is 3. The third-order valence-corrected chi connectivity index (χ3v) is 4.37. The van der Waals surface area contributed by atoms with Gasteiger partial charge in [0.15, 0.2) is 0 Å². The molecule has 27 heavy (non-hydrogen) atoms. The quantitative estimate of drug-likeness (QED) is 0.627. The average Bonchev–Trinajstić information content (AvgIpc) is 2.66. The minimum absolute atomic E-state index is 0.0187. The first kappa shape index (κ1) is 20.4. The zero-order valence-corrected chi connectivity index (χ0v) is 16.2. The molecule has 1 heterocycles. The zero-order valence-electron chi connectivity index (χ0n) is 16.2. The van der Waals surface area contributed by atoms with Crippen LogP contribution in [-0.2, 0) is 5.41 Å². The molecule has 1 aromatic heterocycles. The maximum absolute atomic E-state index is 12.0. The molecule has 2 rings (SSSR count). The third-order valence-electron chi connectivity index (χ3n) is 4.37. The highest BCUT2D eigenvalue weighted by Gasteiger charge is 2.23. The molecular weight excluding hydrogens is 340 g/mol. The Labute approximate surface area is 160 Å². The minimum Gasteiger partial charge on any atom is -0.350 e. The Morgan fingerprint density at radius 1 is 1.04 bits per heavy atom. The number of pyridine rings is 1. The van der Waals surface area contributed by atoms with Crippen LogP contribution in [0.3, 0.4) is 0 Å². The van der Waals surface area contributed by atoms with Gasteiger partial charge >= 0.3 is 6.03 Å². The van der Waals surface area contributed by atoms with Crippen LogP contribution in [0.4, 0.5) is 4.79 Å². The SMILES string of the molecule is C[C@H](CC(C)(C)c1ccccc1)NC(=O)NCCNC(=O)c1cccnc1. The lowest BCUT2D eigenvalue weighted by Crippen LogP contribution is -2.45. The van der Waals surface area contributed by atoms with Gasteiger partial charge in [-0.05, 0) is 36.5 Å². The van der Waals surface area contributed by atoms with Gasteiger partial charge in [-0.2, -0.15) is 0 Å². The van der Waals surface area contributed by atoms with E-state index in [1.165, 1.54) is 11.8 Å². The fourth-order valence-electron chi connectivity index (χ4n) is 3.05. The van der Waals surface area contributed by atoms with E-state index in [1.807, 2.05) is 25.1 Å². The lowest BCUT2D eigenvalue weighted by molar-refractivity contribution is 0.0953. The van der Waals surface area contributed by atoms with Gasteiger partial charge in [0.2, 0.25) is 0 Å². The van der Waals surface area contributed by atoms with Crippen molar-refractivity contribution in [1.82, 2.24) is 20.9 Å². The van der Waals surface area contributed by atoms with Crippen molar-refractivity contribution in [2.75, 3.05) is 13.1 Å². The minimum atomic E-state index is -0.234. The van der Waals surface area contributed by atoms with E-state index >= 15 is 0 Å². The summed E-state index contributed by atoms with van der Waals surface area (Å²) in [5.41, 5.74) is 1.71. The van der Waals surface area contributed by atoms with E-state index in [9.17, 15) is 9.59 Å². The molecule has 0 aliphatic carbocycles. The molecule has 0 saturated carbocycles. The summed E-state index contributed by atoms with van der Waals surface area (Å²) in [5, 5.41) is 8.46. The van der Waals surface area contributed by atoms with Crippen molar-refractivity contribution in [2.24, 2.45) is 0 Å². The molecule has 0 aliphatic rings. The molecule has 3 amide bonds. The van der Waals surface area contributed by atoms with E-state index in [-0.39, 0.29) is 23.4 Å². The summed E-state index contributed by atoms with van der Waals surface area (Å²) in [6.07, 6.45) is 3.94. The maximum Gasteiger partial charge on any atom is 0.315 e. The van der Waals surface area contributed by atoms with Crippen LogP contribution in [0.2, 0.25) is 0 Å². The van der Waals surface area contributed by atoms with Gasteiger partial charge in [0.05, 0.1) is 5.56 Å². The van der Waals surface area contributed by atoms with Crippen LogP contribution in [0.25, 0.3) is 0 Å². The van der Waals surface area contributed by atoms with Gasteiger partial charge in [-0.1, -0.05) is 44.2 Å². The summed E-state index contributed by atoms with van der Waals surface area (Å²) in [6.45, 7) is 7.05. The van der Waals surface area contributed by atoms with Gasteiger partial charge in [0, 0.05) is 31.5 Å². The van der Waals surface area contributed by atoms with E-state index in [4.69, 9.17) is 0 Å². The summed E-state index contributed by atoms with van der Waals surface area (Å²) in [4.78, 5) is 27.8. The second kappa shape index (κ2) is 9.71. The number of carbonyl (C=O) groups is 2. The molecular formula is C21H28N4O2. The van der Waals surface area contributed by atoms with Crippen LogP contribution in [0.5, 0.6) is 0 Å². The van der Waals surface area contributed by atoms with E-state index < -0.39 is 0 Å². The van der Waals surface area contributed by atoms with Crippen molar-refractivity contribution in [1.29, 1.82) is 0 Å². The highest BCUT2D eigenvalue weighted by Crippen LogP contribution is 2.27. The molecule has 0 bridgehead atoms. The van der Waals surface area contributed by atoms with E-state index in [2.05, 4.69) is 46.9 Å². The lowest BCUT2D eigenvalue weighted by Gasteiger charge is -2.29. The van der Waals surface area contributed by atoms with Crippen LogP contribution in [0.15, 0.2) is 54.9 Å². The Kier molecular flexibility index (Phi) is 7.34. The number of nitrogens with one attached hydrogen (secondary N) is 3. The summed E-state index contributed by atoms with van der Waals surface area (Å²) >= 11 is 0. The predicted octanol–water partition coefficient (Wildman–Crippen LogP) is 2.87. The standard InChI is InChI=1S/C21H28N4O2/c1-16(14-21(2,3)18-9-5-4-6-10-18)25-20(27)24-13-12-23-19(26)17-8-7-11-22-15-17/h4-11,15-16H,12-14H2,1-3H3,(H,23,26)(H2,24,25,27)/t16-/m1/s1. The van der Waals surface area contributed by atoms with Gasteiger partial charge in [-0.3, -0.25) is 9.78 Å². The van der Waals surface area contributed by atoms with Crippen LogP contribution >= 0.6 is 0 Å². The molecule has 0 unspecified atom stereocenters. The molecule has 0 aliphatic heterocycles. The number of urea groups is 1. The topological polar surface area (TPSA) is 83.1 Å². The molecule has 2 aromatic rings. The molecule has 0 saturated heterocycles. The monoisotopic (exact) mass is 368 g/mol. The Bertz CT molecular complexity index is 732. The van der Waals surface area contributed by atoms with Crippen molar-refractivity contribution in [3.05, 3.63) is 66.0 Å². The van der Waals surface area contributed by atoms with E-state index in [1.54, 1.807) is 18.3 Å². The van der Waals surface area contributed by atoms with Gasteiger partial charge in [0.25, 0.3) is 5.91 Å². The molecule has 0 radical (unpaired) electrons. The Morgan fingerprint density at radius 2 is 1.74 bits per heavy atom. The molecule has 6 nitrogen and oxygen atoms in total. The van der Waals surface area contributed by atoms with Gasteiger partial charge in [0.1, 0.15) is 0 Å². The molecule has 3 N–H and O–H groups in total. The molecule has 1 aromatic carbocycles. The number of aromatic nitrogens is 1. The normalized spacial score (nSPS) is 12.1. The van der Waals surface area contributed by atoms with Crippen molar-refractivity contribution < 1.29 is 9.59 Å². The Morgan fingerprint density at radius 3 is 2.41 bits per heavy atom. The summed E-state index contributed by atoms with van der Waals surface area (Å²) in [7, 11) is 0. The summed E-state index contributed by atoms with van der Waals surface area (Å²) < 4.78 is 0. The predicted molar refractivity (Wildman–Crippen MR) is 107 cm³/mol. The van der Waals surface area contributed by atoms with Gasteiger partial charge < -0.3 is 16.0 Å². The first-order valence-electron chi connectivity index (χ1n) is 9.16. The van der Waals surface area contributed by atoms with E-state index in [0.29, 0.717) is 18.7 Å². The average molecular weight is 368 g/mol. The van der Waals surface area contributed by atoms with Crippen LogP contribution in [0.1, 0.15) is 43.1 Å². The van der Waals surface area contributed by atoms with Crippen LogP contribution < -0.4 is 16.0 Å². The molecule has 1 atom stereocenters. The first-order valence-corrected chi connectivity index (χ1v) is 9.16. The molecule has 6 heteroatoms. The largest absolute Gasteiger partial charge is 0.350 e. The number of carbonyl (C=O) groups excluding carboxylic acids is 2. The fourth-order valence-corrected chi connectivity index (χ4v) is 3.05. The second-order valence-corrected chi connectivity index (χ2v) is 7.25. The van der Waals surface area contributed by atoms with Gasteiger partial charge in [-0.25, -0.2) is 4.79 Å². The highest BCUT2D eigenvalue weighted by molar-refractivity contribution is 5.93. The van der Waals surface area contributed by atoms with Crippen molar-refractivity contribution in [3.63, 3.8) is 0 Å². The number of amides is 3. The van der Waals surface area contributed by atoms with Crippen LogP contribution in [0, 0.1) is 0 Å². The number of rotatable bonds is 8. The molecule has 144 valence electrons. The van der Waals surface area contributed by atoms with Crippen molar-refractivity contribution in [3.8, 4) is 0 Å². The van der Waals surface area contributed by atoms with Crippen molar-refractivity contribution >= 4 is 11.9 Å². The fraction of sp³-hybridized carbons (Fsp3) is 0.381. The number of benzene rings is 1. The second-order valence-electron chi connectivity index (χ2n) is 7.25. The van der Waals surface area contributed by atoms with Gasteiger partial charge in [-0.15, -0.1) is 0 Å². The molecule has 0 fully saturated rings. The molecule has 0 spiro atoms. The first-order chi connectivity index (χ1) is 12.9. The number of nitrogens with zero attached hydrogens (tertiary/aromatic N) is 1. The van der Waals surface area contributed by atoms with E-state index in [0.717, 1.165) is 6.42 Å². The maximum atomic E-state index is 12.0. The smallest absolute Gasteiger partial charge is 0.315 e. The lowest BCUT2D eigenvalue weighted by atomic mass is 9.79. The van der Waals surface area contributed by atoms with Crippen molar-refractivity contribution in [2.45, 2.75) is 38.6 Å². The highest BCUT2D eigenvalue weighted by atomic mass is 16.2. The Balaban J connectivity index is 1.68. The zero-order chi connectivity index (χ0) is 19.7. The number of hydrogen-bond donors (Lipinski definition) is 3.